The van der Waals surface area contributed by atoms with E-state index in [1.165, 1.54) is 6.07 Å². The Morgan fingerprint density at radius 1 is 1.05 bits per heavy atom. The summed E-state index contributed by atoms with van der Waals surface area (Å²) in [4.78, 5) is 0. The highest BCUT2D eigenvalue weighted by Crippen LogP contribution is 2.27. The quantitative estimate of drug-likeness (QED) is 0.847. The second-order valence-electron chi connectivity index (χ2n) is 4.84. The van der Waals surface area contributed by atoms with Crippen molar-refractivity contribution < 1.29 is 9.50 Å². The van der Waals surface area contributed by atoms with E-state index in [4.69, 9.17) is 0 Å². The van der Waals surface area contributed by atoms with Gasteiger partial charge in [-0.15, -0.1) is 0 Å². The number of rotatable bonds is 4. The van der Waals surface area contributed by atoms with Gasteiger partial charge in [0.1, 0.15) is 11.6 Å². The van der Waals surface area contributed by atoms with Crippen molar-refractivity contribution in [2.75, 3.05) is 0 Å². The van der Waals surface area contributed by atoms with Gasteiger partial charge in [-0.1, -0.05) is 40.2 Å². The van der Waals surface area contributed by atoms with E-state index in [0.29, 0.717) is 5.56 Å². The Morgan fingerprint density at radius 2 is 1.70 bits per heavy atom. The Balaban J connectivity index is 2.15. The summed E-state index contributed by atoms with van der Waals surface area (Å²) in [6.07, 6.45) is 0. The molecule has 0 aliphatic heterocycles. The van der Waals surface area contributed by atoms with Crippen LogP contribution in [0.15, 0.2) is 46.9 Å². The van der Waals surface area contributed by atoms with Gasteiger partial charge in [0.25, 0.3) is 0 Å². The number of phenolic OH excluding ortho intramolecular Hbond substituents is 1. The molecule has 2 nitrogen and oxygen atoms in total. The highest BCUT2D eigenvalue weighted by molar-refractivity contribution is 9.10. The lowest BCUT2D eigenvalue weighted by Crippen LogP contribution is -2.23. The molecule has 0 aliphatic rings. The average Bonchev–Trinajstić information content (AvgIpc) is 2.38. The fourth-order valence-electron chi connectivity index (χ4n) is 2.25. The third-order valence-electron chi connectivity index (χ3n) is 3.32. The molecule has 106 valence electrons. The molecule has 4 heteroatoms. The third-order valence-corrected chi connectivity index (χ3v) is 4.04. The van der Waals surface area contributed by atoms with Crippen LogP contribution in [0.25, 0.3) is 0 Å². The summed E-state index contributed by atoms with van der Waals surface area (Å²) < 4.78 is 14.9. The van der Waals surface area contributed by atoms with Crippen molar-refractivity contribution >= 4 is 15.9 Å². The summed E-state index contributed by atoms with van der Waals surface area (Å²) in [5, 5.41) is 12.6. The van der Waals surface area contributed by atoms with Crippen LogP contribution in [0.4, 0.5) is 4.39 Å². The van der Waals surface area contributed by atoms with Crippen LogP contribution in [-0.2, 0) is 0 Å². The standard InChI is InChI=1S/C16H17BrFNO/c1-10(13-5-3-4-6-15(13)17)19-11(2)14-8-7-12(20)9-16(14)18/h3-11,19-20H,1-2H3. The fourth-order valence-corrected chi connectivity index (χ4v) is 2.88. The SMILES string of the molecule is CC(NC(C)c1ccccc1Br)c1ccc(O)cc1F. The molecule has 0 spiro atoms. The molecule has 0 bridgehead atoms. The molecular formula is C16H17BrFNO. The first-order chi connectivity index (χ1) is 9.49. The molecular weight excluding hydrogens is 321 g/mol. The summed E-state index contributed by atoms with van der Waals surface area (Å²) in [5.74, 6) is -0.457. The predicted octanol–water partition coefficient (Wildman–Crippen LogP) is 4.71. The van der Waals surface area contributed by atoms with Crippen molar-refractivity contribution in [2.24, 2.45) is 0 Å². The van der Waals surface area contributed by atoms with Gasteiger partial charge in [0.2, 0.25) is 0 Å². The highest BCUT2D eigenvalue weighted by Gasteiger charge is 2.16. The summed E-state index contributed by atoms with van der Waals surface area (Å²) >= 11 is 3.52. The number of halogens is 2. The largest absolute Gasteiger partial charge is 0.508 e. The van der Waals surface area contributed by atoms with Crippen molar-refractivity contribution in [1.82, 2.24) is 5.32 Å². The first kappa shape index (κ1) is 15.0. The topological polar surface area (TPSA) is 32.3 Å². The van der Waals surface area contributed by atoms with E-state index >= 15 is 0 Å². The molecule has 0 fully saturated rings. The minimum Gasteiger partial charge on any atom is -0.508 e. The number of hydrogen-bond donors (Lipinski definition) is 2. The van der Waals surface area contributed by atoms with Gasteiger partial charge in [-0.2, -0.15) is 0 Å². The Hall–Kier alpha value is -1.39. The van der Waals surface area contributed by atoms with Crippen LogP contribution in [0.2, 0.25) is 0 Å². The van der Waals surface area contributed by atoms with Crippen molar-refractivity contribution in [3.8, 4) is 5.75 Å². The Morgan fingerprint density at radius 3 is 2.35 bits per heavy atom. The maximum Gasteiger partial charge on any atom is 0.131 e. The van der Waals surface area contributed by atoms with Gasteiger partial charge in [0, 0.05) is 28.2 Å². The normalized spacial score (nSPS) is 14.0. The fraction of sp³-hybridized carbons (Fsp3) is 0.250. The maximum absolute atomic E-state index is 13.8. The Bertz CT molecular complexity index is 603. The summed E-state index contributed by atoms with van der Waals surface area (Å²) in [5.41, 5.74) is 1.67. The van der Waals surface area contributed by atoms with Crippen LogP contribution in [0.5, 0.6) is 5.75 Å². The number of benzene rings is 2. The molecule has 2 aromatic carbocycles. The molecule has 2 N–H and O–H groups in total. The highest BCUT2D eigenvalue weighted by atomic mass is 79.9. The predicted molar refractivity (Wildman–Crippen MR) is 82.2 cm³/mol. The summed E-state index contributed by atoms with van der Waals surface area (Å²) in [6.45, 7) is 3.94. The molecule has 0 saturated heterocycles. The van der Waals surface area contributed by atoms with Crippen LogP contribution in [0.1, 0.15) is 37.1 Å². The molecule has 0 saturated carbocycles. The van der Waals surface area contributed by atoms with E-state index in [2.05, 4.69) is 21.2 Å². The van der Waals surface area contributed by atoms with Crippen molar-refractivity contribution in [3.05, 3.63) is 63.9 Å². The lowest BCUT2D eigenvalue weighted by molar-refractivity contribution is 0.454. The molecule has 0 heterocycles. The zero-order chi connectivity index (χ0) is 14.7. The molecule has 2 unspecified atom stereocenters. The average molecular weight is 338 g/mol. The van der Waals surface area contributed by atoms with Crippen molar-refractivity contribution in [1.29, 1.82) is 0 Å². The molecule has 2 atom stereocenters. The second kappa shape index (κ2) is 6.37. The van der Waals surface area contributed by atoms with E-state index in [-0.39, 0.29) is 17.8 Å². The van der Waals surface area contributed by atoms with Gasteiger partial charge in [-0.25, -0.2) is 4.39 Å². The van der Waals surface area contributed by atoms with E-state index in [0.717, 1.165) is 16.1 Å². The molecule has 0 aromatic heterocycles. The van der Waals surface area contributed by atoms with Gasteiger partial charge in [-0.3, -0.25) is 0 Å². The van der Waals surface area contributed by atoms with Gasteiger partial charge in [-0.05, 0) is 31.5 Å². The van der Waals surface area contributed by atoms with E-state index in [1.54, 1.807) is 6.07 Å². The first-order valence-electron chi connectivity index (χ1n) is 6.48. The van der Waals surface area contributed by atoms with Crippen molar-refractivity contribution in [3.63, 3.8) is 0 Å². The Labute approximate surface area is 126 Å². The maximum atomic E-state index is 13.8. The number of phenols is 1. The summed E-state index contributed by atoms with van der Waals surface area (Å²) in [7, 11) is 0. The van der Waals surface area contributed by atoms with Crippen LogP contribution >= 0.6 is 15.9 Å². The Kier molecular flexibility index (Phi) is 4.78. The van der Waals surface area contributed by atoms with E-state index < -0.39 is 5.82 Å². The lowest BCUT2D eigenvalue weighted by atomic mass is 10.0. The van der Waals surface area contributed by atoms with Crippen LogP contribution in [0, 0.1) is 5.82 Å². The van der Waals surface area contributed by atoms with Crippen LogP contribution in [-0.4, -0.2) is 5.11 Å². The minimum absolute atomic E-state index is 0.0581. The number of nitrogens with one attached hydrogen (secondary N) is 1. The van der Waals surface area contributed by atoms with Gasteiger partial charge in [0.05, 0.1) is 0 Å². The van der Waals surface area contributed by atoms with Gasteiger partial charge < -0.3 is 10.4 Å². The molecule has 2 rings (SSSR count). The second-order valence-corrected chi connectivity index (χ2v) is 5.69. The van der Waals surface area contributed by atoms with Gasteiger partial charge in [0.15, 0.2) is 0 Å². The summed E-state index contributed by atoms with van der Waals surface area (Å²) in [6, 6.07) is 12.1. The van der Waals surface area contributed by atoms with Crippen LogP contribution in [0.3, 0.4) is 0 Å². The van der Waals surface area contributed by atoms with E-state index in [1.807, 2.05) is 38.1 Å². The smallest absolute Gasteiger partial charge is 0.131 e. The first-order valence-corrected chi connectivity index (χ1v) is 7.27. The van der Waals surface area contributed by atoms with E-state index in [9.17, 15) is 9.50 Å². The van der Waals surface area contributed by atoms with Crippen LogP contribution < -0.4 is 5.32 Å². The molecule has 0 aliphatic carbocycles. The van der Waals surface area contributed by atoms with Gasteiger partial charge >= 0.3 is 0 Å². The monoisotopic (exact) mass is 337 g/mol. The molecule has 0 radical (unpaired) electrons. The number of aromatic hydroxyl groups is 1. The molecule has 20 heavy (non-hydrogen) atoms. The minimum atomic E-state index is -0.399. The third kappa shape index (κ3) is 3.38. The lowest BCUT2D eigenvalue weighted by Gasteiger charge is -2.22. The number of hydrogen-bond acceptors (Lipinski definition) is 2. The zero-order valence-electron chi connectivity index (χ0n) is 11.4. The molecule has 0 amide bonds. The molecule has 2 aromatic rings. The van der Waals surface area contributed by atoms with Crippen molar-refractivity contribution in [2.45, 2.75) is 25.9 Å². The zero-order valence-corrected chi connectivity index (χ0v) is 13.0.